The first-order valence-electron chi connectivity index (χ1n) is 6.79. The minimum atomic E-state index is -1.07. The second-order valence-electron chi connectivity index (χ2n) is 5.11. The summed E-state index contributed by atoms with van der Waals surface area (Å²) in [6, 6.07) is 4.93. The van der Waals surface area contributed by atoms with Crippen LogP contribution in [0, 0.1) is 0 Å². The van der Waals surface area contributed by atoms with Crippen molar-refractivity contribution in [2.45, 2.75) is 45.3 Å². The van der Waals surface area contributed by atoms with Crippen molar-refractivity contribution in [1.29, 1.82) is 0 Å². The van der Waals surface area contributed by atoms with Crippen LogP contribution in [0.15, 0.2) is 18.2 Å². The lowest BCUT2D eigenvalue weighted by Crippen LogP contribution is -2.44. The predicted octanol–water partition coefficient (Wildman–Crippen LogP) is 1.53. The van der Waals surface area contributed by atoms with Crippen molar-refractivity contribution in [3.05, 3.63) is 29.3 Å². The quantitative estimate of drug-likeness (QED) is 0.856. The Bertz CT molecular complexity index is 527. The zero-order chi connectivity index (χ0) is 14.7. The van der Waals surface area contributed by atoms with Crippen molar-refractivity contribution < 1.29 is 19.4 Å². The number of ether oxygens (including phenoxy) is 1. The zero-order valence-electron chi connectivity index (χ0n) is 11.7. The molecule has 1 amide bonds. The average molecular weight is 277 g/mol. The number of hydrogen-bond donors (Lipinski definition) is 2. The number of aryl methyl sites for hydroxylation is 2. The van der Waals surface area contributed by atoms with Gasteiger partial charge >= 0.3 is 5.97 Å². The maximum absolute atomic E-state index is 11.8. The molecule has 2 atom stereocenters. The third-order valence-corrected chi connectivity index (χ3v) is 3.48. The van der Waals surface area contributed by atoms with Gasteiger partial charge in [-0.25, -0.2) is 0 Å². The number of amides is 1. The van der Waals surface area contributed by atoms with Gasteiger partial charge in [-0.1, -0.05) is 6.07 Å². The van der Waals surface area contributed by atoms with Gasteiger partial charge in [-0.05, 0) is 56.4 Å². The van der Waals surface area contributed by atoms with Crippen molar-refractivity contribution in [1.82, 2.24) is 5.32 Å². The molecule has 20 heavy (non-hydrogen) atoms. The first-order chi connectivity index (χ1) is 9.47. The van der Waals surface area contributed by atoms with Gasteiger partial charge < -0.3 is 15.2 Å². The molecule has 5 nitrogen and oxygen atoms in total. The van der Waals surface area contributed by atoms with Crippen LogP contribution in [0.5, 0.6) is 5.75 Å². The first-order valence-corrected chi connectivity index (χ1v) is 6.79. The van der Waals surface area contributed by atoms with Crippen LogP contribution in [0.25, 0.3) is 0 Å². The fraction of sp³-hybridized carbons (Fsp3) is 0.467. The molecular formula is C15H19NO4. The fourth-order valence-electron chi connectivity index (χ4n) is 2.27. The number of carbonyl (C=O) groups is 2. The standard InChI is InChI=1S/C15H19NO4/c1-9(15(18)19)16-14(17)10(2)20-13-7-6-11-4-3-5-12(11)8-13/h6-10H,3-5H2,1-2H3,(H,16,17)(H,18,19). The smallest absolute Gasteiger partial charge is 0.325 e. The number of rotatable bonds is 5. The molecule has 0 saturated heterocycles. The van der Waals surface area contributed by atoms with Gasteiger partial charge in [0.1, 0.15) is 11.8 Å². The Morgan fingerprint density at radius 3 is 2.65 bits per heavy atom. The van der Waals surface area contributed by atoms with E-state index in [0.717, 1.165) is 19.3 Å². The monoisotopic (exact) mass is 277 g/mol. The Hall–Kier alpha value is -2.04. The Morgan fingerprint density at radius 2 is 1.95 bits per heavy atom. The van der Waals surface area contributed by atoms with E-state index in [4.69, 9.17) is 9.84 Å². The molecule has 0 bridgehead atoms. The highest BCUT2D eigenvalue weighted by atomic mass is 16.5. The van der Waals surface area contributed by atoms with Crippen molar-refractivity contribution in [2.75, 3.05) is 0 Å². The Morgan fingerprint density at radius 1 is 1.25 bits per heavy atom. The van der Waals surface area contributed by atoms with E-state index in [1.165, 1.54) is 18.1 Å². The minimum absolute atomic E-state index is 0.430. The summed E-state index contributed by atoms with van der Waals surface area (Å²) < 4.78 is 5.58. The van der Waals surface area contributed by atoms with Gasteiger partial charge in [0.15, 0.2) is 6.10 Å². The summed E-state index contributed by atoms with van der Waals surface area (Å²) in [5.74, 6) is -0.847. The molecule has 0 heterocycles. The lowest BCUT2D eigenvalue weighted by Gasteiger charge is -2.17. The maximum atomic E-state index is 11.8. The summed E-state index contributed by atoms with van der Waals surface area (Å²) in [4.78, 5) is 22.5. The normalized spacial score (nSPS) is 16.1. The van der Waals surface area contributed by atoms with E-state index in [-0.39, 0.29) is 0 Å². The van der Waals surface area contributed by atoms with E-state index in [9.17, 15) is 9.59 Å². The number of nitrogens with one attached hydrogen (secondary N) is 1. The second-order valence-corrected chi connectivity index (χ2v) is 5.11. The number of benzene rings is 1. The Balaban J connectivity index is 1.95. The zero-order valence-corrected chi connectivity index (χ0v) is 11.7. The van der Waals surface area contributed by atoms with Gasteiger partial charge in [0, 0.05) is 0 Å². The summed E-state index contributed by atoms with van der Waals surface area (Å²) in [5.41, 5.74) is 2.61. The van der Waals surface area contributed by atoms with E-state index in [1.54, 1.807) is 6.92 Å². The average Bonchev–Trinajstić information content (AvgIpc) is 2.85. The molecule has 0 saturated carbocycles. The SMILES string of the molecule is CC(NC(=O)C(C)Oc1ccc2c(c1)CCC2)C(=O)O. The number of aliphatic carboxylic acids is 1. The van der Waals surface area contributed by atoms with Crippen molar-refractivity contribution in [2.24, 2.45) is 0 Å². The maximum Gasteiger partial charge on any atom is 0.325 e. The molecular weight excluding hydrogens is 258 g/mol. The van der Waals surface area contributed by atoms with Gasteiger partial charge in [0.25, 0.3) is 5.91 Å². The van der Waals surface area contributed by atoms with Crippen molar-refractivity contribution >= 4 is 11.9 Å². The second kappa shape index (κ2) is 5.94. The molecule has 2 N–H and O–H groups in total. The molecule has 0 spiro atoms. The summed E-state index contributed by atoms with van der Waals surface area (Å²) in [6.45, 7) is 3.03. The minimum Gasteiger partial charge on any atom is -0.481 e. The fourth-order valence-corrected chi connectivity index (χ4v) is 2.27. The van der Waals surface area contributed by atoms with Crippen LogP contribution in [0.2, 0.25) is 0 Å². The summed E-state index contributed by atoms with van der Waals surface area (Å²) in [7, 11) is 0. The number of carboxylic acid groups (broad SMARTS) is 1. The number of carbonyl (C=O) groups excluding carboxylic acids is 1. The van der Waals surface area contributed by atoms with Crippen LogP contribution in [-0.2, 0) is 22.4 Å². The van der Waals surface area contributed by atoms with Crippen LogP contribution in [0.3, 0.4) is 0 Å². The van der Waals surface area contributed by atoms with Crippen LogP contribution in [-0.4, -0.2) is 29.1 Å². The summed E-state index contributed by atoms with van der Waals surface area (Å²) >= 11 is 0. The van der Waals surface area contributed by atoms with Crippen LogP contribution in [0.4, 0.5) is 0 Å². The lowest BCUT2D eigenvalue weighted by molar-refractivity contribution is -0.142. The molecule has 2 rings (SSSR count). The predicted molar refractivity (Wildman–Crippen MR) is 73.8 cm³/mol. The number of fused-ring (bicyclic) bond motifs is 1. The van der Waals surface area contributed by atoms with Gasteiger partial charge in [-0.3, -0.25) is 9.59 Å². The van der Waals surface area contributed by atoms with Gasteiger partial charge in [-0.15, -0.1) is 0 Å². The molecule has 1 aromatic carbocycles. The molecule has 0 radical (unpaired) electrons. The van der Waals surface area contributed by atoms with Gasteiger partial charge in [0.05, 0.1) is 0 Å². The van der Waals surface area contributed by atoms with E-state index in [0.29, 0.717) is 5.75 Å². The molecule has 108 valence electrons. The van der Waals surface area contributed by atoms with Gasteiger partial charge in [-0.2, -0.15) is 0 Å². The highest BCUT2D eigenvalue weighted by Gasteiger charge is 2.20. The van der Waals surface area contributed by atoms with E-state index in [1.807, 2.05) is 18.2 Å². The third-order valence-electron chi connectivity index (χ3n) is 3.48. The Labute approximate surface area is 117 Å². The van der Waals surface area contributed by atoms with Crippen LogP contribution in [0.1, 0.15) is 31.4 Å². The van der Waals surface area contributed by atoms with Gasteiger partial charge in [0.2, 0.25) is 0 Å². The molecule has 0 aliphatic heterocycles. The van der Waals surface area contributed by atoms with E-state index < -0.39 is 24.0 Å². The number of carboxylic acids is 1. The molecule has 5 heteroatoms. The van der Waals surface area contributed by atoms with Crippen molar-refractivity contribution in [3.8, 4) is 5.75 Å². The lowest BCUT2D eigenvalue weighted by atomic mass is 10.1. The molecule has 1 aliphatic carbocycles. The molecule has 0 fully saturated rings. The largest absolute Gasteiger partial charge is 0.481 e. The molecule has 2 unspecified atom stereocenters. The summed E-state index contributed by atoms with van der Waals surface area (Å²) in [6.07, 6.45) is 2.58. The highest BCUT2D eigenvalue weighted by Crippen LogP contribution is 2.26. The number of hydrogen-bond acceptors (Lipinski definition) is 3. The van der Waals surface area contributed by atoms with E-state index in [2.05, 4.69) is 5.32 Å². The molecule has 1 aromatic rings. The molecule has 0 aromatic heterocycles. The van der Waals surface area contributed by atoms with Crippen LogP contribution >= 0.6 is 0 Å². The Kier molecular flexibility index (Phi) is 4.27. The first kappa shape index (κ1) is 14.4. The third kappa shape index (κ3) is 3.29. The summed E-state index contributed by atoms with van der Waals surface area (Å²) in [5, 5.41) is 11.1. The molecule has 1 aliphatic rings. The van der Waals surface area contributed by atoms with Crippen molar-refractivity contribution in [3.63, 3.8) is 0 Å². The topological polar surface area (TPSA) is 75.6 Å². The van der Waals surface area contributed by atoms with Crippen LogP contribution < -0.4 is 10.1 Å². The van der Waals surface area contributed by atoms with E-state index >= 15 is 0 Å². The highest BCUT2D eigenvalue weighted by molar-refractivity contribution is 5.86.